The average molecular weight is 477 g/mol. The number of amides is 2. The van der Waals surface area contributed by atoms with Crippen LogP contribution in [-0.4, -0.2) is 46.2 Å². The summed E-state index contributed by atoms with van der Waals surface area (Å²) in [6, 6.07) is 20.3. The minimum Gasteiger partial charge on any atom is -0.334 e. The third-order valence-electron chi connectivity index (χ3n) is 6.24. The molecule has 1 fully saturated rings. The van der Waals surface area contributed by atoms with Crippen LogP contribution in [0.15, 0.2) is 60.7 Å². The molecule has 178 valence electrons. The van der Waals surface area contributed by atoms with Crippen molar-refractivity contribution in [2.24, 2.45) is 5.92 Å². The van der Waals surface area contributed by atoms with Gasteiger partial charge in [0, 0.05) is 24.5 Å². The van der Waals surface area contributed by atoms with Gasteiger partial charge in [-0.15, -0.1) is 11.3 Å². The number of hydrogen-bond donors (Lipinski definition) is 1. The molecule has 1 aliphatic heterocycles. The van der Waals surface area contributed by atoms with Gasteiger partial charge >= 0.3 is 0 Å². The maximum Gasteiger partial charge on any atom is 0.240 e. The molecule has 1 atom stereocenters. The van der Waals surface area contributed by atoms with E-state index in [1.54, 1.807) is 0 Å². The van der Waals surface area contributed by atoms with Gasteiger partial charge in [0.2, 0.25) is 11.8 Å². The Balaban J connectivity index is 1.40. The fourth-order valence-corrected chi connectivity index (χ4v) is 5.20. The van der Waals surface area contributed by atoms with Crippen molar-refractivity contribution in [2.45, 2.75) is 39.8 Å². The Bertz CT molecular complexity index is 1040. The molecule has 6 nitrogen and oxygen atoms in total. The first-order valence-corrected chi connectivity index (χ1v) is 12.6. The highest BCUT2D eigenvalue weighted by Gasteiger charge is 2.30. The normalized spacial score (nSPS) is 16.2. The Kier molecular flexibility index (Phi) is 8.08. The number of anilines is 1. The molecule has 1 N–H and O–H groups in total. The Morgan fingerprint density at radius 2 is 1.65 bits per heavy atom. The van der Waals surface area contributed by atoms with Gasteiger partial charge in [0.25, 0.3) is 0 Å². The lowest BCUT2D eigenvalue weighted by Gasteiger charge is -2.34. The monoisotopic (exact) mass is 476 g/mol. The number of aryl methyl sites for hydroxylation is 2. The molecule has 34 heavy (non-hydrogen) atoms. The number of piperidine rings is 1. The number of nitrogens with zero attached hydrogens (tertiary/aromatic N) is 3. The van der Waals surface area contributed by atoms with Gasteiger partial charge < -0.3 is 10.2 Å². The fraction of sp³-hybridized carbons (Fsp3) is 0.370. The summed E-state index contributed by atoms with van der Waals surface area (Å²) in [6.07, 6.45) is 1.76. The number of thiazole rings is 1. The minimum absolute atomic E-state index is 0.0766. The topological polar surface area (TPSA) is 65.5 Å². The Hall–Kier alpha value is -3.03. The molecular formula is C27H32N4O2S. The molecule has 7 heteroatoms. The second kappa shape index (κ2) is 11.4. The second-order valence-electron chi connectivity index (χ2n) is 8.95. The number of benzene rings is 2. The molecule has 0 aliphatic carbocycles. The average Bonchev–Trinajstić information content (AvgIpc) is 3.15. The van der Waals surface area contributed by atoms with Gasteiger partial charge in [-0.05, 0) is 44.4 Å². The van der Waals surface area contributed by atoms with Crippen LogP contribution in [-0.2, 0) is 22.7 Å². The molecule has 3 aromatic rings. The smallest absolute Gasteiger partial charge is 0.240 e. The first-order chi connectivity index (χ1) is 16.5. The Morgan fingerprint density at radius 1 is 1.03 bits per heavy atom. The van der Waals surface area contributed by atoms with Crippen LogP contribution in [0, 0.1) is 19.8 Å². The maximum absolute atomic E-state index is 13.7. The first kappa shape index (κ1) is 24.1. The molecule has 2 heterocycles. The number of hydrogen-bond acceptors (Lipinski definition) is 5. The summed E-state index contributed by atoms with van der Waals surface area (Å²) in [5.74, 6) is -0.0328. The van der Waals surface area contributed by atoms with Crippen molar-refractivity contribution in [1.82, 2.24) is 14.8 Å². The molecule has 2 amide bonds. The zero-order chi connectivity index (χ0) is 23.9. The highest BCUT2D eigenvalue weighted by atomic mass is 32.1. The molecular weight excluding hydrogens is 444 g/mol. The van der Waals surface area contributed by atoms with E-state index in [4.69, 9.17) is 0 Å². The molecule has 1 saturated heterocycles. The molecule has 0 saturated carbocycles. The molecule has 0 bridgehead atoms. The van der Waals surface area contributed by atoms with E-state index in [0.717, 1.165) is 41.1 Å². The van der Waals surface area contributed by atoms with Crippen LogP contribution in [0.2, 0.25) is 0 Å². The van der Waals surface area contributed by atoms with Gasteiger partial charge in [-0.1, -0.05) is 60.7 Å². The van der Waals surface area contributed by atoms with Gasteiger partial charge in [0.1, 0.15) is 0 Å². The van der Waals surface area contributed by atoms with E-state index in [0.29, 0.717) is 24.8 Å². The molecule has 0 spiro atoms. The van der Waals surface area contributed by atoms with E-state index in [9.17, 15) is 9.59 Å². The molecule has 0 radical (unpaired) electrons. The quantitative estimate of drug-likeness (QED) is 0.514. The number of aromatic nitrogens is 1. The van der Waals surface area contributed by atoms with Gasteiger partial charge in [-0.2, -0.15) is 0 Å². The molecule has 4 rings (SSSR count). The summed E-state index contributed by atoms with van der Waals surface area (Å²) >= 11 is 1.49. The van der Waals surface area contributed by atoms with Crippen LogP contribution in [0.4, 0.5) is 5.13 Å². The lowest BCUT2D eigenvalue weighted by molar-refractivity contribution is -0.139. The zero-order valence-electron chi connectivity index (χ0n) is 19.9. The fourth-order valence-electron chi connectivity index (χ4n) is 4.37. The summed E-state index contributed by atoms with van der Waals surface area (Å²) in [7, 11) is 0. The number of carbonyl (C=O) groups is 2. The van der Waals surface area contributed by atoms with Crippen molar-refractivity contribution in [1.29, 1.82) is 0 Å². The summed E-state index contributed by atoms with van der Waals surface area (Å²) in [4.78, 5) is 35.8. The van der Waals surface area contributed by atoms with Gasteiger partial charge in [-0.3, -0.25) is 14.5 Å². The lowest BCUT2D eigenvalue weighted by atomic mass is 9.96. The number of carbonyl (C=O) groups excluding carboxylic acids is 2. The zero-order valence-corrected chi connectivity index (χ0v) is 20.7. The van der Waals surface area contributed by atoms with E-state index in [1.165, 1.54) is 11.3 Å². The van der Waals surface area contributed by atoms with Crippen LogP contribution in [0.5, 0.6) is 0 Å². The summed E-state index contributed by atoms with van der Waals surface area (Å²) in [6.45, 7) is 6.80. The SMILES string of the molecule is Cc1nc(NC(=O)CN2CCCC(C(=O)N(Cc3ccccc3)Cc3ccccc3)C2)sc1C. The van der Waals surface area contributed by atoms with Gasteiger partial charge in [0.15, 0.2) is 5.13 Å². The van der Waals surface area contributed by atoms with Crippen molar-refractivity contribution in [2.75, 3.05) is 25.0 Å². The van der Waals surface area contributed by atoms with Gasteiger partial charge in [0.05, 0.1) is 18.2 Å². The standard InChI is InChI=1S/C27H32N4O2S/c1-20-21(2)34-27(28-20)29-25(32)19-30-15-9-14-24(18-30)26(33)31(16-22-10-5-3-6-11-22)17-23-12-7-4-8-13-23/h3-8,10-13,24H,9,14-19H2,1-2H3,(H,28,29,32). The highest BCUT2D eigenvalue weighted by molar-refractivity contribution is 7.15. The Morgan fingerprint density at radius 3 is 2.21 bits per heavy atom. The van der Waals surface area contributed by atoms with Crippen molar-refractivity contribution >= 4 is 28.3 Å². The molecule has 2 aromatic carbocycles. The number of likely N-dealkylation sites (tertiary alicyclic amines) is 1. The number of rotatable bonds is 8. The lowest BCUT2D eigenvalue weighted by Crippen LogP contribution is -2.46. The summed E-state index contributed by atoms with van der Waals surface area (Å²) in [5.41, 5.74) is 3.18. The Labute approximate surface area is 205 Å². The molecule has 1 aliphatic rings. The van der Waals surface area contributed by atoms with Crippen LogP contribution >= 0.6 is 11.3 Å². The largest absolute Gasteiger partial charge is 0.334 e. The van der Waals surface area contributed by atoms with Crippen molar-refractivity contribution in [3.63, 3.8) is 0 Å². The van der Waals surface area contributed by atoms with E-state index in [1.807, 2.05) is 55.1 Å². The highest BCUT2D eigenvalue weighted by Crippen LogP contribution is 2.23. The molecule has 1 unspecified atom stereocenters. The van der Waals surface area contributed by atoms with E-state index < -0.39 is 0 Å². The van der Waals surface area contributed by atoms with Crippen LogP contribution in [0.25, 0.3) is 0 Å². The minimum atomic E-state index is -0.113. The van der Waals surface area contributed by atoms with Crippen LogP contribution < -0.4 is 5.32 Å². The van der Waals surface area contributed by atoms with Gasteiger partial charge in [-0.25, -0.2) is 4.98 Å². The maximum atomic E-state index is 13.7. The number of nitrogens with one attached hydrogen (secondary N) is 1. The van der Waals surface area contributed by atoms with Crippen LogP contribution in [0.3, 0.4) is 0 Å². The third-order valence-corrected chi connectivity index (χ3v) is 7.23. The predicted octanol–water partition coefficient (Wildman–Crippen LogP) is 4.64. The van der Waals surface area contributed by atoms with Crippen LogP contribution in [0.1, 0.15) is 34.5 Å². The second-order valence-corrected chi connectivity index (χ2v) is 10.2. The molecule has 1 aromatic heterocycles. The first-order valence-electron chi connectivity index (χ1n) is 11.8. The van der Waals surface area contributed by atoms with Crippen molar-refractivity contribution in [3.8, 4) is 0 Å². The van der Waals surface area contributed by atoms with Crippen molar-refractivity contribution in [3.05, 3.63) is 82.4 Å². The third kappa shape index (κ3) is 6.52. The van der Waals surface area contributed by atoms with E-state index in [-0.39, 0.29) is 24.3 Å². The van der Waals surface area contributed by atoms with E-state index >= 15 is 0 Å². The summed E-state index contributed by atoms with van der Waals surface area (Å²) in [5, 5.41) is 3.55. The predicted molar refractivity (Wildman–Crippen MR) is 137 cm³/mol. The summed E-state index contributed by atoms with van der Waals surface area (Å²) < 4.78 is 0. The van der Waals surface area contributed by atoms with E-state index in [2.05, 4.69) is 39.5 Å². The van der Waals surface area contributed by atoms with Crippen molar-refractivity contribution < 1.29 is 9.59 Å².